The zero-order chi connectivity index (χ0) is 21.8. The monoisotopic (exact) mass is 426 g/mol. The average molecular weight is 427 g/mol. The lowest BCUT2D eigenvalue weighted by Gasteiger charge is -2.33. The van der Waals surface area contributed by atoms with Crippen LogP contribution in [0.1, 0.15) is 42.3 Å². The van der Waals surface area contributed by atoms with Gasteiger partial charge in [0.05, 0.1) is 0 Å². The SMILES string of the molecule is Cc1cc(N=O)ccc1CCNC1=C(N)C(N(C)C(C)C)=NC(c2cscc2C)N1. The molecule has 1 unspecified atom stereocenters. The van der Waals surface area contributed by atoms with Gasteiger partial charge in [-0.05, 0) is 78.9 Å². The van der Waals surface area contributed by atoms with Gasteiger partial charge in [-0.1, -0.05) is 6.07 Å². The fourth-order valence-corrected chi connectivity index (χ4v) is 4.23. The van der Waals surface area contributed by atoms with Crippen LogP contribution in [0.25, 0.3) is 0 Å². The van der Waals surface area contributed by atoms with E-state index in [9.17, 15) is 4.91 Å². The van der Waals surface area contributed by atoms with Crippen molar-refractivity contribution in [3.8, 4) is 0 Å². The molecule has 1 aromatic heterocycles. The van der Waals surface area contributed by atoms with Crippen LogP contribution < -0.4 is 16.4 Å². The minimum atomic E-state index is -0.179. The summed E-state index contributed by atoms with van der Waals surface area (Å²) in [5.41, 5.74) is 12.2. The average Bonchev–Trinajstić information content (AvgIpc) is 3.15. The number of hydrogen-bond acceptors (Lipinski definition) is 8. The lowest BCUT2D eigenvalue weighted by atomic mass is 10.1. The van der Waals surface area contributed by atoms with E-state index in [4.69, 9.17) is 10.7 Å². The summed E-state index contributed by atoms with van der Waals surface area (Å²) in [7, 11) is 2.02. The maximum atomic E-state index is 10.7. The summed E-state index contributed by atoms with van der Waals surface area (Å²) in [5.74, 6) is 1.59. The maximum Gasteiger partial charge on any atom is 0.153 e. The maximum absolute atomic E-state index is 10.7. The predicted molar refractivity (Wildman–Crippen MR) is 125 cm³/mol. The van der Waals surface area contributed by atoms with Crippen LogP contribution in [-0.2, 0) is 6.42 Å². The summed E-state index contributed by atoms with van der Waals surface area (Å²) in [6.07, 6.45) is 0.625. The fraction of sp³-hybridized carbons (Fsp3) is 0.409. The minimum absolute atomic E-state index is 0.179. The first-order valence-electron chi connectivity index (χ1n) is 10.1. The Bertz CT molecular complexity index is 978. The molecule has 1 atom stereocenters. The molecule has 0 aliphatic carbocycles. The number of hydrogen-bond donors (Lipinski definition) is 3. The van der Waals surface area contributed by atoms with Crippen molar-refractivity contribution in [2.75, 3.05) is 13.6 Å². The number of aryl methyl sites for hydroxylation is 2. The first-order valence-corrected chi connectivity index (χ1v) is 11.0. The van der Waals surface area contributed by atoms with E-state index in [0.29, 0.717) is 17.9 Å². The number of amidine groups is 1. The molecule has 4 N–H and O–H groups in total. The second-order valence-corrected chi connectivity index (χ2v) is 8.63. The van der Waals surface area contributed by atoms with E-state index in [-0.39, 0.29) is 12.2 Å². The van der Waals surface area contributed by atoms with Gasteiger partial charge in [0.1, 0.15) is 23.4 Å². The highest BCUT2D eigenvalue weighted by atomic mass is 32.1. The van der Waals surface area contributed by atoms with Gasteiger partial charge < -0.3 is 21.3 Å². The van der Waals surface area contributed by atoms with Crippen molar-refractivity contribution in [3.63, 3.8) is 0 Å². The predicted octanol–water partition coefficient (Wildman–Crippen LogP) is 4.06. The van der Waals surface area contributed by atoms with Crippen LogP contribution in [0.3, 0.4) is 0 Å². The zero-order valence-electron chi connectivity index (χ0n) is 18.2. The normalized spacial score (nSPS) is 16.3. The van der Waals surface area contributed by atoms with Gasteiger partial charge >= 0.3 is 0 Å². The largest absolute Gasteiger partial charge is 0.393 e. The van der Waals surface area contributed by atoms with Crippen molar-refractivity contribution in [2.45, 2.75) is 46.3 Å². The summed E-state index contributed by atoms with van der Waals surface area (Å²) in [6, 6.07) is 5.79. The van der Waals surface area contributed by atoms with E-state index >= 15 is 0 Å². The Morgan fingerprint density at radius 3 is 2.67 bits per heavy atom. The molecule has 0 radical (unpaired) electrons. The highest BCUT2D eigenvalue weighted by Crippen LogP contribution is 2.27. The third-order valence-corrected chi connectivity index (χ3v) is 6.35. The summed E-state index contributed by atoms with van der Waals surface area (Å²) in [6.45, 7) is 9.04. The van der Waals surface area contributed by atoms with Crippen molar-refractivity contribution >= 4 is 22.9 Å². The molecule has 1 aliphatic rings. The third-order valence-electron chi connectivity index (χ3n) is 5.47. The van der Waals surface area contributed by atoms with Crippen LogP contribution in [0.5, 0.6) is 0 Å². The first kappa shape index (κ1) is 21.8. The highest BCUT2D eigenvalue weighted by molar-refractivity contribution is 7.08. The van der Waals surface area contributed by atoms with Gasteiger partial charge in [0.2, 0.25) is 0 Å². The fourth-order valence-electron chi connectivity index (χ4n) is 3.36. The van der Waals surface area contributed by atoms with E-state index in [1.165, 1.54) is 11.1 Å². The van der Waals surface area contributed by atoms with Gasteiger partial charge in [-0.2, -0.15) is 11.3 Å². The Kier molecular flexibility index (Phi) is 6.77. The van der Waals surface area contributed by atoms with E-state index in [2.05, 4.69) is 52.2 Å². The number of thiophene rings is 1. The molecule has 1 aromatic carbocycles. The molecule has 3 rings (SSSR count). The number of rotatable bonds is 7. The topological polar surface area (TPSA) is 95.1 Å². The lowest BCUT2D eigenvalue weighted by Crippen LogP contribution is -2.45. The highest BCUT2D eigenvalue weighted by Gasteiger charge is 2.26. The van der Waals surface area contributed by atoms with Crippen molar-refractivity contribution < 1.29 is 0 Å². The molecule has 7 nitrogen and oxygen atoms in total. The molecule has 0 fully saturated rings. The van der Waals surface area contributed by atoms with Gasteiger partial charge in [-0.3, -0.25) is 0 Å². The molecule has 2 aromatic rings. The molecule has 2 heterocycles. The van der Waals surface area contributed by atoms with Gasteiger partial charge in [-0.25, -0.2) is 4.99 Å². The Hall–Kier alpha value is -2.87. The molecule has 0 bridgehead atoms. The Labute approximate surface area is 182 Å². The quantitative estimate of drug-likeness (QED) is 0.580. The molecular weight excluding hydrogens is 396 g/mol. The van der Waals surface area contributed by atoms with Crippen LogP contribution >= 0.6 is 11.3 Å². The van der Waals surface area contributed by atoms with Gasteiger partial charge in [0.15, 0.2) is 5.84 Å². The molecule has 0 saturated heterocycles. The van der Waals surface area contributed by atoms with Gasteiger partial charge in [0, 0.05) is 25.2 Å². The molecule has 1 aliphatic heterocycles. The standard InChI is InChI=1S/C22H30N6OS/c1-13(2)28(5)22-19(23)21(25-20(26-22)18-12-30-11-15(18)4)24-9-8-16-6-7-17(27-29)10-14(16)3/h6-7,10-13,20,24-25H,8-9,23H2,1-5H3. The first-order chi connectivity index (χ1) is 14.3. The summed E-state index contributed by atoms with van der Waals surface area (Å²) < 4.78 is 0. The Balaban J connectivity index is 1.79. The van der Waals surface area contributed by atoms with Crippen molar-refractivity contribution in [3.05, 3.63) is 67.6 Å². The molecule has 8 heteroatoms. The molecule has 0 spiro atoms. The van der Waals surface area contributed by atoms with E-state index in [0.717, 1.165) is 29.2 Å². The molecule has 30 heavy (non-hydrogen) atoms. The van der Waals surface area contributed by atoms with E-state index < -0.39 is 0 Å². The Morgan fingerprint density at radius 1 is 1.30 bits per heavy atom. The summed E-state index contributed by atoms with van der Waals surface area (Å²) >= 11 is 1.68. The van der Waals surface area contributed by atoms with Crippen LogP contribution in [0.4, 0.5) is 5.69 Å². The van der Waals surface area contributed by atoms with Crippen LogP contribution in [0, 0.1) is 18.8 Å². The number of aliphatic imine (C=N–C) groups is 1. The molecule has 0 amide bonds. The second-order valence-electron chi connectivity index (χ2n) is 7.88. The molecule has 160 valence electrons. The van der Waals surface area contributed by atoms with Crippen LogP contribution in [0.15, 0.2) is 50.6 Å². The summed E-state index contributed by atoms with van der Waals surface area (Å²) in [4.78, 5) is 17.7. The minimum Gasteiger partial charge on any atom is -0.393 e. The smallest absolute Gasteiger partial charge is 0.153 e. The van der Waals surface area contributed by atoms with Crippen LogP contribution in [-0.4, -0.2) is 30.4 Å². The summed E-state index contributed by atoms with van der Waals surface area (Å²) in [5, 5.41) is 14.2. The number of benzene rings is 1. The van der Waals surface area contributed by atoms with E-state index in [1.54, 1.807) is 17.4 Å². The number of nitrogens with two attached hydrogens (primary N) is 1. The number of likely N-dealkylation sites (N-methyl/N-ethyl adjacent to an activating group) is 1. The molecule has 0 saturated carbocycles. The van der Waals surface area contributed by atoms with Gasteiger partial charge in [-0.15, -0.1) is 4.91 Å². The van der Waals surface area contributed by atoms with Crippen LogP contribution in [0.2, 0.25) is 0 Å². The molecular formula is C22H30N6OS. The number of nitroso groups, excluding NO2 is 1. The van der Waals surface area contributed by atoms with E-state index in [1.807, 2.05) is 26.1 Å². The van der Waals surface area contributed by atoms with Crippen molar-refractivity contribution in [2.24, 2.45) is 15.9 Å². The lowest BCUT2D eigenvalue weighted by molar-refractivity contribution is 0.404. The Morgan fingerprint density at radius 2 is 2.07 bits per heavy atom. The second kappa shape index (κ2) is 9.30. The number of nitrogens with zero attached hydrogens (tertiary/aromatic N) is 3. The van der Waals surface area contributed by atoms with Gasteiger partial charge in [0.25, 0.3) is 0 Å². The third kappa shape index (κ3) is 4.64. The van der Waals surface area contributed by atoms with Crippen molar-refractivity contribution in [1.82, 2.24) is 15.5 Å². The zero-order valence-corrected chi connectivity index (χ0v) is 19.0. The van der Waals surface area contributed by atoms with Crippen molar-refractivity contribution in [1.29, 1.82) is 0 Å². The number of nitrogens with one attached hydrogen (secondary N) is 2.